The first-order chi connectivity index (χ1) is 11.1. The van der Waals surface area contributed by atoms with Crippen molar-refractivity contribution in [3.8, 4) is 5.75 Å². The van der Waals surface area contributed by atoms with Gasteiger partial charge in [0.25, 0.3) is 0 Å². The van der Waals surface area contributed by atoms with Crippen LogP contribution in [0.25, 0.3) is 6.08 Å². The molecule has 4 nitrogen and oxygen atoms in total. The Hall–Kier alpha value is -2.59. The first-order valence-corrected chi connectivity index (χ1v) is 7.23. The van der Waals surface area contributed by atoms with Crippen LogP contribution in [0.4, 0.5) is 0 Å². The molecule has 0 spiro atoms. The molecule has 2 aromatic carbocycles. The molecule has 0 aliphatic heterocycles. The maximum atomic E-state index is 11.9. The third kappa shape index (κ3) is 4.69. The summed E-state index contributed by atoms with van der Waals surface area (Å²) in [5.74, 6) is -0.100. The molecule has 0 aliphatic rings. The van der Waals surface area contributed by atoms with Crippen LogP contribution in [0.15, 0.2) is 54.1 Å². The van der Waals surface area contributed by atoms with Crippen LogP contribution in [0, 0.1) is 0 Å². The molecule has 5 heteroatoms. The summed E-state index contributed by atoms with van der Waals surface area (Å²) in [6.45, 7) is -0.0238. The van der Waals surface area contributed by atoms with E-state index in [0.29, 0.717) is 28.2 Å². The highest BCUT2D eigenvalue weighted by Crippen LogP contribution is 2.18. The average molecular weight is 331 g/mol. The molecule has 23 heavy (non-hydrogen) atoms. The molecular formula is C18H15ClO4. The van der Waals surface area contributed by atoms with Gasteiger partial charge >= 0.3 is 5.97 Å². The molecule has 0 atom stereocenters. The lowest BCUT2D eigenvalue weighted by molar-refractivity contribution is -0.136. The summed E-state index contributed by atoms with van der Waals surface area (Å²) in [4.78, 5) is 22.9. The van der Waals surface area contributed by atoms with Crippen molar-refractivity contribution < 1.29 is 19.1 Å². The van der Waals surface area contributed by atoms with Crippen molar-refractivity contribution in [3.63, 3.8) is 0 Å². The normalized spacial score (nSPS) is 11.0. The second kappa shape index (κ2) is 8.15. The zero-order valence-electron chi connectivity index (χ0n) is 12.5. The Morgan fingerprint density at radius 3 is 2.65 bits per heavy atom. The summed E-state index contributed by atoms with van der Waals surface area (Å²) in [5.41, 5.74) is 1.49. The van der Waals surface area contributed by atoms with Crippen LogP contribution in [0.5, 0.6) is 5.75 Å². The van der Waals surface area contributed by atoms with Crippen molar-refractivity contribution in [3.05, 3.63) is 70.3 Å². The summed E-state index contributed by atoms with van der Waals surface area (Å²) in [6.07, 6.45) is 2.34. The van der Waals surface area contributed by atoms with Crippen molar-refractivity contribution in [2.45, 2.75) is 0 Å². The number of aldehydes is 1. The second-order valence-electron chi connectivity index (χ2n) is 4.66. The number of methoxy groups -OCH3 is 1. The summed E-state index contributed by atoms with van der Waals surface area (Å²) in [6, 6.07) is 13.9. The lowest BCUT2D eigenvalue weighted by atomic mass is 10.1. The van der Waals surface area contributed by atoms with E-state index in [4.69, 9.17) is 21.1 Å². The minimum Gasteiger partial charge on any atom is -0.488 e. The number of carbonyl (C=O) groups excluding carboxylic acids is 2. The van der Waals surface area contributed by atoms with Crippen LogP contribution < -0.4 is 4.74 Å². The van der Waals surface area contributed by atoms with Gasteiger partial charge in [0.15, 0.2) is 6.29 Å². The van der Waals surface area contributed by atoms with Gasteiger partial charge in [-0.2, -0.15) is 0 Å². The first kappa shape index (κ1) is 16.8. The highest BCUT2D eigenvalue weighted by Gasteiger charge is 2.12. The van der Waals surface area contributed by atoms with Crippen LogP contribution >= 0.6 is 11.6 Å². The van der Waals surface area contributed by atoms with Crippen molar-refractivity contribution in [2.24, 2.45) is 0 Å². The largest absolute Gasteiger partial charge is 0.488 e. The molecule has 0 bridgehead atoms. The topological polar surface area (TPSA) is 52.6 Å². The minimum atomic E-state index is -0.506. The smallest absolute Gasteiger partial charge is 0.337 e. The number of esters is 1. The Morgan fingerprint density at radius 2 is 1.96 bits per heavy atom. The maximum absolute atomic E-state index is 11.9. The Bertz CT molecular complexity index is 737. The van der Waals surface area contributed by atoms with E-state index >= 15 is 0 Å². The fraction of sp³-hybridized carbons (Fsp3) is 0.111. The Kier molecular flexibility index (Phi) is 5.94. The van der Waals surface area contributed by atoms with E-state index in [9.17, 15) is 9.59 Å². The molecule has 0 heterocycles. The number of halogens is 1. The fourth-order valence-electron chi connectivity index (χ4n) is 1.95. The van der Waals surface area contributed by atoms with Crippen molar-refractivity contribution >= 4 is 29.9 Å². The third-order valence-corrected chi connectivity index (χ3v) is 3.30. The number of rotatable bonds is 6. The van der Waals surface area contributed by atoms with E-state index in [1.165, 1.54) is 7.11 Å². The lowest BCUT2D eigenvalue weighted by Crippen LogP contribution is -2.13. The van der Waals surface area contributed by atoms with E-state index in [-0.39, 0.29) is 6.61 Å². The van der Waals surface area contributed by atoms with Gasteiger partial charge in [0.05, 0.1) is 18.2 Å². The van der Waals surface area contributed by atoms with Crippen molar-refractivity contribution in [1.29, 1.82) is 0 Å². The molecule has 0 unspecified atom stereocenters. The molecule has 0 amide bonds. The van der Waals surface area contributed by atoms with Crippen LogP contribution in [-0.4, -0.2) is 26.0 Å². The average Bonchev–Trinajstić information content (AvgIpc) is 2.58. The number of para-hydroxylation sites is 1. The molecule has 2 rings (SSSR count). The molecule has 0 radical (unpaired) electrons. The van der Waals surface area contributed by atoms with E-state index in [1.807, 2.05) is 6.07 Å². The van der Waals surface area contributed by atoms with E-state index in [1.54, 1.807) is 48.5 Å². The lowest BCUT2D eigenvalue weighted by Gasteiger charge is -2.10. The van der Waals surface area contributed by atoms with E-state index < -0.39 is 5.97 Å². The summed E-state index contributed by atoms with van der Waals surface area (Å²) >= 11 is 5.94. The molecule has 0 aliphatic carbocycles. The SMILES string of the molecule is COC(=O)/C(=C/c1cccc(Cl)c1)COc1ccccc1C=O. The highest BCUT2D eigenvalue weighted by molar-refractivity contribution is 6.30. The van der Waals surface area contributed by atoms with Crippen LogP contribution in [0.2, 0.25) is 5.02 Å². The van der Waals surface area contributed by atoms with Gasteiger partial charge in [0.2, 0.25) is 0 Å². The summed E-state index contributed by atoms with van der Waals surface area (Å²) in [5, 5.41) is 0.565. The van der Waals surface area contributed by atoms with Gasteiger partial charge in [-0.05, 0) is 35.9 Å². The molecular weight excluding hydrogens is 316 g/mol. The molecule has 0 saturated carbocycles. The number of hydrogen-bond donors (Lipinski definition) is 0. The predicted octanol–water partition coefficient (Wildman–Crippen LogP) is 3.79. The molecule has 2 aromatic rings. The van der Waals surface area contributed by atoms with Crippen molar-refractivity contribution in [1.82, 2.24) is 0 Å². The zero-order valence-corrected chi connectivity index (χ0v) is 13.2. The van der Waals surface area contributed by atoms with Gasteiger partial charge in [-0.25, -0.2) is 4.79 Å². The Labute approximate surface area is 139 Å². The van der Waals surface area contributed by atoms with Gasteiger partial charge in [0, 0.05) is 5.02 Å². The monoisotopic (exact) mass is 330 g/mol. The Morgan fingerprint density at radius 1 is 1.17 bits per heavy atom. The third-order valence-electron chi connectivity index (χ3n) is 3.07. The zero-order chi connectivity index (χ0) is 16.7. The van der Waals surface area contributed by atoms with Gasteiger partial charge in [0.1, 0.15) is 12.4 Å². The van der Waals surface area contributed by atoms with Gasteiger partial charge in [-0.3, -0.25) is 4.79 Å². The van der Waals surface area contributed by atoms with Crippen LogP contribution in [0.1, 0.15) is 15.9 Å². The van der Waals surface area contributed by atoms with E-state index in [2.05, 4.69) is 0 Å². The molecule has 118 valence electrons. The predicted molar refractivity (Wildman–Crippen MR) is 88.8 cm³/mol. The molecule has 0 saturated heterocycles. The molecule has 0 aromatic heterocycles. The highest BCUT2D eigenvalue weighted by atomic mass is 35.5. The van der Waals surface area contributed by atoms with Gasteiger partial charge < -0.3 is 9.47 Å². The number of ether oxygens (including phenoxy) is 2. The van der Waals surface area contributed by atoms with Gasteiger partial charge in [-0.1, -0.05) is 35.9 Å². The standard InChI is InChI=1S/C18H15ClO4/c1-22-18(21)15(9-13-5-4-7-16(19)10-13)12-23-17-8-3-2-6-14(17)11-20/h2-11H,12H2,1H3/b15-9+. The summed E-state index contributed by atoms with van der Waals surface area (Å²) < 4.78 is 10.4. The minimum absolute atomic E-state index is 0.0238. The first-order valence-electron chi connectivity index (χ1n) is 6.85. The molecule has 0 N–H and O–H groups in total. The Balaban J connectivity index is 2.23. The second-order valence-corrected chi connectivity index (χ2v) is 5.10. The summed E-state index contributed by atoms with van der Waals surface area (Å²) in [7, 11) is 1.30. The van der Waals surface area contributed by atoms with Gasteiger partial charge in [-0.15, -0.1) is 0 Å². The quantitative estimate of drug-likeness (QED) is 0.459. The number of benzene rings is 2. The van der Waals surface area contributed by atoms with Crippen LogP contribution in [0.3, 0.4) is 0 Å². The number of carbonyl (C=O) groups is 2. The maximum Gasteiger partial charge on any atom is 0.337 e. The molecule has 0 fully saturated rings. The fourth-order valence-corrected chi connectivity index (χ4v) is 2.15. The van der Waals surface area contributed by atoms with Crippen molar-refractivity contribution in [2.75, 3.05) is 13.7 Å². The number of hydrogen-bond acceptors (Lipinski definition) is 4. The van der Waals surface area contributed by atoms with Crippen LogP contribution in [-0.2, 0) is 9.53 Å². The van der Waals surface area contributed by atoms with E-state index in [0.717, 1.165) is 5.56 Å².